The van der Waals surface area contributed by atoms with Gasteiger partial charge >= 0.3 is 5.97 Å². The van der Waals surface area contributed by atoms with E-state index in [1.54, 1.807) is 31.2 Å². The summed E-state index contributed by atoms with van der Waals surface area (Å²) in [6, 6.07) is 6.41. The van der Waals surface area contributed by atoms with Crippen molar-refractivity contribution in [1.82, 2.24) is 9.97 Å². The van der Waals surface area contributed by atoms with E-state index >= 15 is 0 Å². The van der Waals surface area contributed by atoms with Crippen molar-refractivity contribution in [3.63, 3.8) is 0 Å². The molecule has 0 unspecified atom stereocenters. The Morgan fingerprint density at radius 3 is 2.70 bits per heavy atom. The van der Waals surface area contributed by atoms with Gasteiger partial charge in [0.25, 0.3) is 0 Å². The Labute approximate surface area is 120 Å². The summed E-state index contributed by atoms with van der Waals surface area (Å²) in [6.45, 7) is 1.71. The summed E-state index contributed by atoms with van der Waals surface area (Å²) in [5, 5.41) is 0.348. The van der Waals surface area contributed by atoms with Gasteiger partial charge in [-0.3, -0.25) is 0 Å². The molecule has 1 heterocycles. The summed E-state index contributed by atoms with van der Waals surface area (Å²) in [5.74, 6) is -0.129. The Bertz CT molecular complexity index is 661. The predicted octanol–water partition coefficient (Wildman–Crippen LogP) is 2.60. The van der Waals surface area contributed by atoms with Crippen LogP contribution in [0.25, 0.3) is 0 Å². The highest BCUT2D eigenvalue weighted by molar-refractivity contribution is 6.32. The predicted molar refractivity (Wildman–Crippen MR) is 74.0 cm³/mol. The summed E-state index contributed by atoms with van der Waals surface area (Å²) < 4.78 is 10.1. The third-order valence-electron chi connectivity index (χ3n) is 2.37. The Kier molecular flexibility index (Phi) is 4.05. The lowest BCUT2D eigenvalue weighted by Crippen LogP contribution is -2.09. The number of hydrogen-bond donors (Lipinski definition) is 1. The van der Waals surface area contributed by atoms with E-state index in [-0.39, 0.29) is 11.7 Å². The van der Waals surface area contributed by atoms with Crippen LogP contribution in [0.2, 0.25) is 5.02 Å². The molecular formula is C13H12ClN3O3. The smallest absolute Gasteiger partial charge is 0.376 e. The van der Waals surface area contributed by atoms with Gasteiger partial charge in [0.2, 0.25) is 11.7 Å². The zero-order valence-electron chi connectivity index (χ0n) is 10.9. The first kappa shape index (κ1) is 14.1. The van der Waals surface area contributed by atoms with Gasteiger partial charge in [-0.1, -0.05) is 11.6 Å². The molecule has 1 aromatic carbocycles. The van der Waals surface area contributed by atoms with Gasteiger partial charge in [0.05, 0.1) is 12.1 Å². The molecule has 7 heteroatoms. The molecule has 0 aliphatic rings. The number of aryl methyl sites for hydroxylation is 1. The Balaban J connectivity index is 2.33. The van der Waals surface area contributed by atoms with E-state index in [0.29, 0.717) is 22.2 Å². The first-order valence-electron chi connectivity index (χ1n) is 5.66. The quantitative estimate of drug-likeness (QED) is 0.691. The molecule has 0 aliphatic carbocycles. The molecule has 1 aromatic heterocycles. The Morgan fingerprint density at radius 2 is 2.05 bits per heavy atom. The first-order chi connectivity index (χ1) is 9.49. The van der Waals surface area contributed by atoms with Gasteiger partial charge in [-0.15, -0.1) is 0 Å². The number of carbonyl (C=O) groups excluding carboxylic acids is 1. The SMILES string of the molecule is COC(=O)c1nc(C)cc(Oc2ccc(N)cc2Cl)n1. The number of aromatic nitrogens is 2. The molecule has 0 fully saturated rings. The second-order valence-corrected chi connectivity index (χ2v) is 4.36. The molecule has 0 saturated heterocycles. The molecule has 0 bridgehead atoms. The van der Waals surface area contributed by atoms with Crippen molar-refractivity contribution in [1.29, 1.82) is 0 Å². The number of esters is 1. The van der Waals surface area contributed by atoms with E-state index in [2.05, 4.69) is 14.7 Å². The fourth-order valence-electron chi connectivity index (χ4n) is 1.49. The van der Waals surface area contributed by atoms with Crippen LogP contribution in [0.4, 0.5) is 5.69 Å². The molecule has 2 rings (SSSR count). The van der Waals surface area contributed by atoms with Crippen molar-refractivity contribution in [3.8, 4) is 11.6 Å². The lowest BCUT2D eigenvalue weighted by atomic mass is 10.3. The lowest BCUT2D eigenvalue weighted by molar-refractivity contribution is 0.0585. The number of methoxy groups -OCH3 is 1. The minimum Gasteiger partial charge on any atom is -0.463 e. The van der Waals surface area contributed by atoms with Gasteiger partial charge in [-0.2, -0.15) is 4.98 Å². The molecular weight excluding hydrogens is 282 g/mol. The number of ether oxygens (including phenoxy) is 2. The standard InChI is InChI=1S/C13H12ClN3O3/c1-7-5-11(17-12(16-7)13(18)19-2)20-10-4-3-8(15)6-9(10)14/h3-6H,15H2,1-2H3. The molecule has 0 saturated carbocycles. The molecule has 6 nitrogen and oxygen atoms in total. The van der Waals surface area contributed by atoms with Crippen LogP contribution in [-0.2, 0) is 4.74 Å². The van der Waals surface area contributed by atoms with Crippen molar-refractivity contribution in [2.75, 3.05) is 12.8 Å². The highest BCUT2D eigenvalue weighted by Crippen LogP contribution is 2.30. The van der Waals surface area contributed by atoms with Crippen LogP contribution in [0.5, 0.6) is 11.6 Å². The number of benzene rings is 1. The van der Waals surface area contributed by atoms with Crippen molar-refractivity contribution >= 4 is 23.3 Å². The first-order valence-corrected chi connectivity index (χ1v) is 6.04. The monoisotopic (exact) mass is 293 g/mol. The van der Waals surface area contributed by atoms with Gasteiger partial charge in [0, 0.05) is 17.4 Å². The highest BCUT2D eigenvalue weighted by atomic mass is 35.5. The average molecular weight is 294 g/mol. The largest absolute Gasteiger partial charge is 0.463 e. The Morgan fingerprint density at radius 1 is 1.30 bits per heavy atom. The number of rotatable bonds is 3. The number of carbonyl (C=O) groups is 1. The van der Waals surface area contributed by atoms with Gasteiger partial charge in [0.15, 0.2) is 0 Å². The van der Waals surface area contributed by atoms with E-state index in [1.165, 1.54) is 7.11 Å². The van der Waals surface area contributed by atoms with Crippen molar-refractivity contribution < 1.29 is 14.3 Å². The Hall–Kier alpha value is -2.34. The van der Waals surface area contributed by atoms with Crippen LogP contribution < -0.4 is 10.5 Å². The van der Waals surface area contributed by atoms with E-state index < -0.39 is 5.97 Å². The molecule has 0 aliphatic heterocycles. The van der Waals surface area contributed by atoms with Crippen molar-refractivity contribution in [3.05, 3.63) is 40.8 Å². The van der Waals surface area contributed by atoms with Gasteiger partial charge in [-0.25, -0.2) is 9.78 Å². The molecule has 0 amide bonds. The van der Waals surface area contributed by atoms with Gasteiger partial charge in [-0.05, 0) is 25.1 Å². The van der Waals surface area contributed by atoms with Crippen LogP contribution >= 0.6 is 11.6 Å². The van der Waals surface area contributed by atoms with E-state index in [0.717, 1.165) is 0 Å². The van der Waals surface area contributed by atoms with E-state index in [4.69, 9.17) is 22.1 Å². The average Bonchev–Trinajstić information content (AvgIpc) is 2.40. The lowest BCUT2D eigenvalue weighted by Gasteiger charge is -2.08. The molecule has 2 aromatic rings. The van der Waals surface area contributed by atoms with Crippen LogP contribution in [0.15, 0.2) is 24.3 Å². The molecule has 0 radical (unpaired) electrons. The number of hydrogen-bond acceptors (Lipinski definition) is 6. The van der Waals surface area contributed by atoms with Crippen LogP contribution in [-0.4, -0.2) is 23.0 Å². The normalized spacial score (nSPS) is 10.2. The molecule has 0 spiro atoms. The van der Waals surface area contributed by atoms with Gasteiger partial charge < -0.3 is 15.2 Å². The minimum atomic E-state index is -0.637. The van der Waals surface area contributed by atoms with Crippen LogP contribution in [0.1, 0.15) is 16.3 Å². The third kappa shape index (κ3) is 3.16. The van der Waals surface area contributed by atoms with Crippen LogP contribution in [0, 0.1) is 6.92 Å². The van der Waals surface area contributed by atoms with E-state index in [9.17, 15) is 4.79 Å². The van der Waals surface area contributed by atoms with E-state index in [1.807, 2.05) is 0 Å². The molecule has 20 heavy (non-hydrogen) atoms. The second-order valence-electron chi connectivity index (χ2n) is 3.95. The number of halogens is 1. The maximum absolute atomic E-state index is 11.4. The maximum Gasteiger partial charge on any atom is 0.376 e. The number of nitrogen functional groups attached to an aromatic ring is 1. The maximum atomic E-state index is 11.4. The molecule has 2 N–H and O–H groups in total. The zero-order chi connectivity index (χ0) is 14.7. The fraction of sp³-hybridized carbons (Fsp3) is 0.154. The third-order valence-corrected chi connectivity index (χ3v) is 2.66. The summed E-state index contributed by atoms with van der Waals surface area (Å²) >= 11 is 6.01. The minimum absolute atomic E-state index is 0.0749. The van der Waals surface area contributed by atoms with Crippen LogP contribution in [0.3, 0.4) is 0 Å². The molecule has 104 valence electrons. The van der Waals surface area contributed by atoms with Gasteiger partial charge in [0.1, 0.15) is 5.75 Å². The molecule has 0 atom stereocenters. The summed E-state index contributed by atoms with van der Waals surface area (Å²) in [6.07, 6.45) is 0. The zero-order valence-corrected chi connectivity index (χ0v) is 11.6. The number of nitrogens with zero attached hydrogens (tertiary/aromatic N) is 2. The second kappa shape index (κ2) is 5.75. The topological polar surface area (TPSA) is 87.3 Å². The summed E-state index contributed by atoms with van der Waals surface area (Å²) in [5.41, 5.74) is 6.70. The summed E-state index contributed by atoms with van der Waals surface area (Å²) in [7, 11) is 1.26. The number of nitrogens with two attached hydrogens (primary N) is 1. The number of anilines is 1. The van der Waals surface area contributed by atoms with Crippen molar-refractivity contribution in [2.45, 2.75) is 6.92 Å². The highest BCUT2D eigenvalue weighted by Gasteiger charge is 2.13. The van der Waals surface area contributed by atoms with Crippen molar-refractivity contribution in [2.24, 2.45) is 0 Å². The fourth-order valence-corrected chi connectivity index (χ4v) is 1.71. The summed E-state index contributed by atoms with van der Waals surface area (Å²) in [4.78, 5) is 19.4.